The van der Waals surface area contributed by atoms with Crippen LogP contribution in [0.2, 0.25) is 5.02 Å². The van der Waals surface area contributed by atoms with Crippen LogP contribution in [0.5, 0.6) is 0 Å². The van der Waals surface area contributed by atoms with Crippen LogP contribution in [0, 0.1) is 0 Å². The number of halogens is 1. The van der Waals surface area contributed by atoms with E-state index in [0.717, 1.165) is 46.5 Å². The molecule has 0 spiro atoms. The summed E-state index contributed by atoms with van der Waals surface area (Å²) in [5.41, 5.74) is 5.96. The highest BCUT2D eigenvalue weighted by molar-refractivity contribution is 6.30. The highest BCUT2D eigenvalue weighted by Crippen LogP contribution is 2.26. The molecule has 0 amide bonds. The second-order valence-electron chi connectivity index (χ2n) is 6.27. The van der Waals surface area contributed by atoms with Gasteiger partial charge < -0.3 is 5.32 Å². The van der Waals surface area contributed by atoms with Crippen molar-refractivity contribution in [3.05, 3.63) is 70.4 Å². The molecule has 1 aliphatic carbocycles. The molecule has 4 nitrogen and oxygen atoms in total. The molecule has 5 heteroatoms. The summed E-state index contributed by atoms with van der Waals surface area (Å²) in [6.07, 6.45) is 4.49. The lowest BCUT2D eigenvalue weighted by atomic mass is 9.90. The van der Waals surface area contributed by atoms with Gasteiger partial charge in [0.15, 0.2) is 5.78 Å². The van der Waals surface area contributed by atoms with Gasteiger partial charge in [-0.05, 0) is 42.7 Å². The van der Waals surface area contributed by atoms with Crippen LogP contribution < -0.4 is 5.32 Å². The average molecular weight is 352 g/mol. The quantitative estimate of drug-likeness (QED) is 0.705. The van der Waals surface area contributed by atoms with Gasteiger partial charge in [0.05, 0.1) is 5.69 Å². The number of hydrogen-bond donors (Lipinski definition) is 2. The zero-order valence-corrected chi connectivity index (χ0v) is 14.4. The third-order valence-corrected chi connectivity index (χ3v) is 4.83. The van der Waals surface area contributed by atoms with Crippen LogP contribution in [0.25, 0.3) is 11.3 Å². The van der Waals surface area contributed by atoms with E-state index in [1.807, 2.05) is 42.6 Å². The fourth-order valence-corrected chi connectivity index (χ4v) is 3.37. The Morgan fingerprint density at radius 3 is 2.80 bits per heavy atom. The Bertz CT molecular complexity index is 915. The Balaban J connectivity index is 1.53. The van der Waals surface area contributed by atoms with E-state index in [0.29, 0.717) is 18.0 Å². The minimum Gasteiger partial charge on any atom is -0.381 e. The van der Waals surface area contributed by atoms with E-state index >= 15 is 0 Å². The van der Waals surface area contributed by atoms with Gasteiger partial charge in [-0.3, -0.25) is 9.89 Å². The van der Waals surface area contributed by atoms with Gasteiger partial charge in [0.1, 0.15) is 0 Å². The van der Waals surface area contributed by atoms with E-state index in [1.54, 1.807) is 0 Å². The van der Waals surface area contributed by atoms with E-state index < -0.39 is 0 Å². The molecule has 0 aliphatic heterocycles. The van der Waals surface area contributed by atoms with Gasteiger partial charge in [-0.1, -0.05) is 29.8 Å². The summed E-state index contributed by atoms with van der Waals surface area (Å²) in [5.74, 6) is 0.245. The fraction of sp³-hybridized carbons (Fsp3) is 0.200. The number of rotatable bonds is 4. The summed E-state index contributed by atoms with van der Waals surface area (Å²) >= 11 is 5.96. The Morgan fingerprint density at radius 1 is 1.12 bits per heavy atom. The van der Waals surface area contributed by atoms with Crippen molar-refractivity contribution in [1.82, 2.24) is 10.2 Å². The Hall–Kier alpha value is -2.59. The van der Waals surface area contributed by atoms with Gasteiger partial charge >= 0.3 is 0 Å². The Kier molecular flexibility index (Phi) is 4.28. The normalized spacial score (nSPS) is 13.6. The molecule has 0 bridgehead atoms. The van der Waals surface area contributed by atoms with Gasteiger partial charge in [-0.15, -0.1) is 0 Å². The van der Waals surface area contributed by atoms with E-state index in [4.69, 9.17) is 11.6 Å². The number of fused-ring (bicyclic) bond motifs is 1. The lowest BCUT2D eigenvalue weighted by Crippen LogP contribution is -2.11. The fourth-order valence-electron chi connectivity index (χ4n) is 3.24. The topological polar surface area (TPSA) is 57.8 Å². The summed E-state index contributed by atoms with van der Waals surface area (Å²) in [7, 11) is 0. The maximum Gasteiger partial charge on any atom is 0.163 e. The number of anilines is 1. The predicted octanol–water partition coefficient (Wildman–Crippen LogP) is 4.86. The van der Waals surface area contributed by atoms with E-state index in [1.165, 1.54) is 0 Å². The number of aryl methyl sites for hydroxylation is 1. The number of carbonyl (C=O) groups is 1. The molecule has 2 N–H and O–H groups in total. The molecule has 0 atom stereocenters. The van der Waals surface area contributed by atoms with Crippen molar-refractivity contribution in [2.24, 2.45) is 0 Å². The average Bonchev–Trinajstić information content (AvgIpc) is 3.10. The van der Waals surface area contributed by atoms with Gasteiger partial charge in [0.25, 0.3) is 0 Å². The molecule has 1 aromatic heterocycles. The molecule has 0 unspecified atom stereocenters. The van der Waals surface area contributed by atoms with Crippen LogP contribution in [0.15, 0.2) is 48.7 Å². The largest absolute Gasteiger partial charge is 0.381 e. The van der Waals surface area contributed by atoms with Crippen LogP contribution in [0.1, 0.15) is 34.3 Å². The zero-order valence-electron chi connectivity index (χ0n) is 13.7. The number of nitrogens with zero attached hydrogens (tertiary/aromatic N) is 1. The molecule has 126 valence electrons. The van der Waals surface area contributed by atoms with Crippen LogP contribution in [0.3, 0.4) is 0 Å². The molecule has 3 aromatic rings. The first-order valence-corrected chi connectivity index (χ1v) is 8.77. The maximum atomic E-state index is 12.1. The molecule has 0 fully saturated rings. The predicted molar refractivity (Wildman–Crippen MR) is 100 cm³/mol. The zero-order chi connectivity index (χ0) is 17.2. The number of carbonyl (C=O) groups excluding carboxylic acids is 1. The van der Waals surface area contributed by atoms with E-state index in [-0.39, 0.29) is 5.78 Å². The first-order chi connectivity index (χ1) is 12.2. The highest BCUT2D eigenvalue weighted by atomic mass is 35.5. The Morgan fingerprint density at radius 2 is 1.96 bits per heavy atom. The number of Topliss-reactive ketones (excluding diaryl/α,β-unsaturated/α-hetero) is 1. The van der Waals surface area contributed by atoms with Crippen molar-refractivity contribution < 1.29 is 4.79 Å². The van der Waals surface area contributed by atoms with Crippen molar-refractivity contribution in [1.29, 1.82) is 0 Å². The van der Waals surface area contributed by atoms with Gasteiger partial charge in [-0.25, -0.2) is 0 Å². The van der Waals surface area contributed by atoms with Crippen LogP contribution in [0.4, 0.5) is 5.69 Å². The first-order valence-electron chi connectivity index (χ1n) is 8.39. The number of aromatic nitrogens is 2. The molecule has 2 aromatic carbocycles. The van der Waals surface area contributed by atoms with E-state index in [2.05, 4.69) is 21.6 Å². The summed E-state index contributed by atoms with van der Waals surface area (Å²) < 4.78 is 0. The molecule has 0 saturated heterocycles. The number of aromatic amines is 1. The van der Waals surface area contributed by atoms with Crippen molar-refractivity contribution in [2.45, 2.75) is 25.8 Å². The smallest absolute Gasteiger partial charge is 0.163 e. The second-order valence-corrected chi connectivity index (χ2v) is 6.70. The SMILES string of the molecule is O=C1CCCc2ccc(NCc3c[nH]nc3-c3ccc(Cl)cc3)cc21. The van der Waals surface area contributed by atoms with Crippen LogP contribution in [-0.2, 0) is 13.0 Å². The highest BCUT2D eigenvalue weighted by Gasteiger charge is 2.17. The maximum absolute atomic E-state index is 12.1. The number of ketones is 1. The van der Waals surface area contributed by atoms with Crippen LogP contribution >= 0.6 is 11.6 Å². The van der Waals surface area contributed by atoms with Crippen molar-refractivity contribution in [2.75, 3.05) is 5.32 Å². The van der Waals surface area contributed by atoms with Crippen LogP contribution in [-0.4, -0.2) is 16.0 Å². The summed E-state index contributed by atoms with van der Waals surface area (Å²) in [5, 5.41) is 11.4. The van der Waals surface area contributed by atoms with Gasteiger partial charge in [0, 0.05) is 46.6 Å². The van der Waals surface area contributed by atoms with Crippen molar-refractivity contribution in [3.63, 3.8) is 0 Å². The molecular weight excluding hydrogens is 334 g/mol. The summed E-state index contributed by atoms with van der Waals surface area (Å²) in [6, 6.07) is 13.7. The standard InChI is InChI=1S/C20H18ClN3O/c21-16-7-4-14(5-8-16)20-15(12-23-24-20)11-22-17-9-6-13-2-1-3-19(25)18(13)10-17/h4-10,12,22H,1-3,11H2,(H,23,24). The van der Waals surface area contributed by atoms with E-state index in [9.17, 15) is 4.79 Å². The molecule has 0 saturated carbocycles. The molecule has 4 rings (SSSR count). The molecule has 1 heterocycles. The van der Waals surface area contributed by atoms with Gasteiger partial charge in [0.2, 0.25) is 0 Å². The van der Waals surface area contributed by atoms with Gasteiger partial charge in [-0.2, -0.15) is 5.10 Å². The lowest BCUT2D eigenvalue weighted by Gasteiger charge is -2.16. The number of nitrogens with one attached hydrogen (secondary N) is 2. The van der Waals surface area contributed by atoms with Crippen molar-refractivity contribution >= 4 is 23.1 Å². The summed E-state index contributed by atoms with van der Waals surface area (Å²) in [6.45, 7) is 0.626. The molecular formula is C20H18ClN3O. The summed E-state index contributed by atoms with van der Waals surface area (Å²) in [4.78, 5) is 12.1. The minimum absolute atomic E-state index is 0.245. The minimum atomic E-state index is 0.245. The van der Waals surface area contributed by atoms with Crippen molar-refractivity contribution in [3.8, 4) is 11.3 Å². The Labute approximate surface area is 151 Å². The first kappa shape index (κ1) is 15.9. The second kappa shape index (κ2) is 6.73. The molecule has 1 aliphatic rings. The monoisotopic (exact) mass is 351 g/mol. The molecule has 25 heavy (non-hydrogen) atoms. The number of hydrogen-bond acceptors (Lipinski definition) is 3. The molecule has 0 radical (unpaired) electrons. The number of benzene rings is 2. The third kappa shape index (κ3) is 3.30. The third-order valence-electron chi connectivity index (χ3n) is 4.58. The number of H-pyrrole nitrogens is 1. The lowest BCUT2D eigenvalue weighted by molar-refractivity contribution is 0.0972.